The second kappa shape index (κ2) is 7.05. The van der Waals surface area contributed by atoms with Gasteiger partial charge in [0, 0.05) is 11.1 Å². The Balaban J connectivity index is 1.50. The standard InChI is InChI=1S/C27H19NO5/c29-23-18-13-7-8-14-19(18)24(30)27(23)21-20(22(33-27)17-11-5-2-6-12-17)25(31)28(26(21)32)15-16-9-3-1-4-10-16/h1-14,20-22H,15H2/t20-,21+,22+/m0/s1. The molecule has 6 nitrogen and oxygen atoms in total. The van der Waals surface area contributed by atoms with Crippen LogP contribution in [0.15, 0.2) is 84.9 Å². The van der Waals surface area contributed by atoms with Gasteiger partial charge < -0.3 is 4.74 Å². The Morgan fingerprint density at radius 2 is 1.24 bits per heavy atom. The van der Waals surface area contributed by atoms with Crippen molar-refractivity contribution < 1.29 is 23.9 Å². The van der Waals surface area contributed by atoms with Crippen molar-refractivity contribution in [3.05, 3.63) is 107 Å². The number of hydrogen-bond donors (Lipinski definition) is 0. The second-order valence-corrected chi connectivity index (χ2v) is 8.64. The molecule has 2 fully saturated rings. The predicted octanol–water partition coefficient (Wildman–Crippen LogP) is 3.38. The Hall–Kier alpha value is -3.90. The fourth-order valence-corrected chi connectivity index (χ4v) is 5.44. The lowest BCUT2D eigenvalue weighted by Gasteiger charge is -2.27. The highest BCUT2D eigenvalue weighted by molar-refractivity contribution is 6.35. The topological polar surface area (TPSA) is 80.8 Å². The van der Waals surface area contributed by atoms with E-state index in [0.717, 1.165) is 5.56 Å². The number of Topliss-reactive ketones (excluding diaryl/α,β-unsaturated/α-hetero) is 2. The molecule has 0 N–H and O–H groups in total. The number of imide groups is 1. The maximum absolute atomic E-state index is 13.7. The zero-order chi connectivity index (χ0) is 22.7. The van der Waals surface area contributed by atoms with Crippen molar-refractivity contribution in [3.8, 4) is 0 Å². The van der Waals surface area contributed by atoms with Crippen LogP contribution in [0.4, 0.5) is 0 Å². The first-order chi connectivity index (χ1) is 16.0. The molecule has 0 unspecified atom stereocenters. The summed E-state index contributed by atoms with van der Waals surface area (Å²) >= 11 is 0. The summed E-state index contributed by atoms with van der Waals surface area (Å²) in [6.45, 7) is 0.0818. The van der Waals surface area contributed by atoms with Crippen molar-refractivity contribution >= 4 is 23.4 Å². The normalized spacial score (nSPS) is 25.1. The van der Waals surface area contributed by atoms with Crippen LogP contribution in [0.2, 0.25) is 0 Å². The van der Waals surface area contributed by atoms with Gasteiger partial charge in [-0.1, -0.05) is 84.9 Å². The van der Waals surface area contributed by atoms with Gasteiger partial charge in [-0.15, -0.1) is 0 Å². The molecular weight excluding hydrogens is 418 g/mol. The molecule has 1 aliphatic carbocycles. The third kappa shape index (κ3) is 2.58. The van der Waals surface area contributed by atoms with E-state index in [4.69, 9.17) is 4.74 Å². The summed E-state index contributed by atoms with van der Waals surface area (Å²) in [5, 5.41) is 0. The van der Waals surface area contributed by atoms with Gasteiger partial charge in [-0.3, -0.25) is 24.1 Å². The van der Waals surface area contributed by atoms with Crippen LogP contribution in [-0.2, 0) is 20.9 Å². The molecular formula is C27H19NO5. The number of ketones is 2. The van der Waals surface area contributed by atoms with Gasteiger partial charge in [-0.25, -0.2) is 0 Å². The van der Waals surface area contributed by atoms with Crippen LogP contribution in [0.3, 0.4) is 0 Å². The van der Waals surface area contributed by atoms with Crippen LogP contribution in [0.1, 0.15) is 37.9 Å². The Morgan fingerprint density at radius 1 is 0.697 bits per heavy atom. The third-order valence-electron chi connectivity index (χ3n) is 6.92. The lowest BCUT2D eigenvalue weighted by molar-refractivity contribution is -0.145. The molecule has 162 valence electrons. The molecule has 2 saturated heterocycles. The van der Waals surface area contributed by atoms with Crippen LogP contribution in [0, 0.1) is 11.8 Å². The third-order valence-corrected chi connectivity index (χ3v) is 6.92. The summed E-state index contributed by atoms with van der Waals surface area (Å²) in [7, 11) is 0. The number of hydrogen-bond acceptors (Lipinski definition) is 5. The molecule has 3 aromatic rings. The minimum atomic E-state index is -2.02. The zero-order valence-electron chi connectivity index (χ0n) is 17.5. The summed E-state index contributed by atoms with van der Waals surface area (Å²) in [5.74, 6) is -4.20. The zero-order valence-corrected chi connectivity index (χ0v) is 17.5. The van der Waals surface area contributed by atoms with Crippen molar-refractivity contribution in [3.63, 3.8) is 0 Å². The number of benzene rings is 3. The Kier molecular flexibility index (Phi) is 4.22. The smallest absolute Gasteiger partial charge is 0.237 e. The molecule has 2 amide bonds. The summed E-state index contributed by atoms with van der Waals surface area (Å²) < 4.78 is 6.24. The number of nitrogens with zero attached hydrogens (tertiary/aromatic N) is 1. The summed E-state index contributed by atoms with van der Waals surface area (Å²) in [5.41, 5.74) is -0.109. The quantitative estimate of drug-likeness (QED) is 0.464. The molecule has 6 heteroatoms. The van der Waals surface area contributed by atoms with Crippen LogP contribution in [0.25, 0.3) is 0 Å². The van der Waals surface area contributed by atoms with Crippen molar-refractivity contribution in [1.29, 1.82) is 0 Å². The number of amides is 2. The largest absolute Gasteiger partial charge is 0.349 e. The van der Waals surface area contributed by atoms with Gasteiger partial charge in [0.15, 0.2) is 0 Å². The maximum Gasteiger partial charge on any atom is 0.237 e. The van der Waals surface area contributed by atoms with E-state index in [2.05, 4.69) is 0 Å². The van der Waals surface area contributed by atoms with E-state index < -0.39 is 46.9 Å². The van der Waals surface area contributed by atoms with E-state index >= 15 is 0 Å². The van der Waals surface area contributed by atoms with Crippen molar-refractivity contribution in [2.45, 2.75) is 18.2 Å². The predicted molar refractivity (Wildman–Crippen MR) is 117 cm³/mol. The first kappa shape index (κ1) is 19.8. The lowest BCUT2D eigenvalue weighted by Crippen LogP contribution is -2.50. The van der Waals surface area contributed by atoms with E-state index in [0.29, 0.717) is 5.56 Å². The maximum atomic E-state index is 13.7. The van der Waals surface area contributed by atoms with Crippen molar-refractivity contribution in [1.82, 2.24) is 4.90 Å². The molecule has 6 rings (SSSR count). The Morgan fingerprint density at radius 3 is 1.85 bits per heavy atom. The Labute approximate surface area is 189 Å². The Bertz CT molecular complexity index is 1280. The molecule has 0 radical (unpaired) electrons. The van der Waals surface area contributed by atoms with Crippen LogP contribution in [0.5, 0.6) is 0 Å². The molecule has 0 aromatic heterocycles. The number of carbonyl (C=O) groups is 4. The van der Waals surface area contributed by atoms with E-state index in [-0.39, 0.29) is 17.7 Å². The minimum Gasteiger partial charge on any atom is -0.349 e. The van der Waals surface area contributed by atoms with E-state index in [9.17, 15) is 19.2 Å². The lowest BCUT2D eigenvalue weighted by atomic mass is 9.77. The molecule has 3 aliphatic rings. The number of likely N-dealkylation sites (tertiary alicyclic amines) is 1. The summed E-state index contributed by atoms with van der Waals surface area (Å²) in [4.78, 5) is 55.8. The number of rotatable bonds is 3. The highest BCUT2D eigenvalue weighted by Gasteiger charge is 2.74. The molecule has 3 aromatic carbocycles. The fraction of sp³-hybridized carbons (Fsp3) is 0.185. The van der Waals surface area contributed by atoms with Gasteiger partial charge in [0.05, 0.1) is 24.5 Å². The highest BCUT2D eigenvalue weighted by Crippen LogP contribution is 2.57. The summed E-state index contributed by atoms with van der Waals surface area (Å²) in [6, 6.07) is 24.7. The highest BCUT2D eigenvalue weighted by atomic mass is 16.5. The average Bonchev–Trinajstić information content (AvgIpc) is 3.42. The van der Waals surface area contributed by atoms with E-state index in [1.54, 1.807) is 48.5 Å². The van der Waals surface area contributed by atoms with E-state index in [1.807, 2.05) is 36.4 Å². The monoisotopic (exact) mass is 437 g/mol. The molecule has 0 bridgehead atoms. The first-order valence-corrected chi connectivity index (χ1v) is 10.8. The van der Waals surface area contributed by atoms with Gasteiger partial charge in [0.2, 0.25) is 29.0 Å². The SMILES string of the molecule is O=C1[C@@H]2[C@@H](c3ccccc3)OC3(C(=O)c4ccccc4C3=O)[C@H]2C(=O)N1Cc1ccccc1. The molecule has 1 spiro atoms. The number of fused-ring (bicyclic) bond motifs is 3. The molecule has 3 atom stereocenters. The van der Waals surface area contributed by atoms with Gasteiger partial charge >= 0.3 is 0 Å². The van der Waals surface area contributed by atoms with Crippen molar-refractivity contribution in [2.24, 2.45) is 11.8 Å². The summed E-state index contributed by atoms with van der Waals surface area (Å²) in [6.07, 6.45) is -0.879. The van der Waals surface area contributed by atoms with E-state index in [1.165, 1.54) is 4.90 Å². The minimum absolute atomic E-state index is 0.0818. The number of ether oxygens (including phenoxy) is 1. The van der Waals surface area contributed by atoms with Crippen molar-refractivity contribution in [2.75, 3.05) is 0 Å². The first-order valence-electron chi connectivity index (χ1n) is 10.8. The van der Waals surface area contributed by atoms with Crippen LogP contribution in [-0.4, -0.2) is 33.9 Å². The van der Waals surface area contributed by atoms with Crippen LogP contribution < -0.4 is 0 Å². The molecule has 33 heavy (non-hydrogen) atoms. The number of carbonyl (C=O) groups excluding carboxylic acids is 4. The second-order valence-electron chi connectivity index (χ2n) is 8.64. The molecule has 0 saturated carbocycles. The van der Waals surface area contributed by atoms with Gasteiger partial charge in [-0.2, -0.15) is 0 Å². The van der Waals surface area contributed by atoms with Crippen LogP contribution >= 0.6 is 0 Å². The van der Waals surface area contributed by atoms with Gasteiger partial charge in [-0.05, 0) is 11.1 Å². The average molecular weight is 437 g/mol. The molecule has 2 heterocycles. The van der Waals surface area contributed by atoms with Gasteiger partial charge in [0.1, 0.15) is 0 Å². The van der Waals surface area contributed by atoms with Gasteiger partial charge in [0.25, 0.3) is 0 Å². The molecule has 2 aliphatic heterocycles. The fourth-order valence-electron chi connectivity index (χ4n) is 5.44.